The van der Waals surface area contributed by atoms with Crippen molar-refractivity contribution in [2.24, 2.45) is 0 Å². The van der Waals surface area contributed by atoms with E-state index in [1.54, 1.807) is 28.9 Å². The zero-order valence-corrected chi connectivity index (χ0v) is 17.8. The summed E-state index contributed by atoms with van der Waals surface area (Å²) in [7, 11) is 0. The molecule has 0 saturated carbocycles. The molecule has 31 heavy (non-hydrogen) atoms. The highest BCUT2D eigenvalue weighted by molar-refractivity contribution is 6.31. The molecule has 4 rings (SSSR count). The topological polar surface area (TPSA) is 103 Å². The molecule has 4 aromatic rings. The summed E-state index contributed by atoms with van der Waals surface area (Å²) in [6, 6.07) is 13.0. The maximum Gasteiger partial charge on any atom is 0.283 e. The van der Waals surface area contributed by atoms with Gasteiger partial charge in [-0.05, 0) is 68.8 Å². The Balaban J connectivity index is 1.64. The number of nitrogens with zero attached hydrogens (tertiary/aromatic N) is 4. The molecular formula is C22H18ClN5O3. The molecule has 0 bridgehead atoms. The number of hydrogen-bond acceptors (Lipinski definition) is 5. The van der Waals surface area contributed by atoms with Crippen LogP contribution >= 0.6 is 11.6 Å². The summed E-state index contributed by atoms with van der Waals surface area (Å²) in [4.78, 5) is 27.8. The Bertz CT molecular complexity index is 1350. The number of aryl methyl sites for hydroxylation is 3. The molecule has 0 aliphatic heterocycles. The molecule has 2 aromatic carbocycles. The number of carbonyl (C=O) groups excluding carboxylic acids is 1. The Morgan fingerprint density at radius 3 is 2.48 bits per heavy atom. The minimum Gasteiger partial charge on any atom is -0.322 e. The summed E-state index contributed by atoms with van der Waals surface area (Å²) in [6.45, 7) is 5.91. The van der Waals surface area contributed by atoms with Gasteiger partial charge in [0.05, 0.1) is 16.3 Å². The van der Waals surface area contributed by atoms with Crippen LogP contribution in [-0.4, -0.2) is 25.6 Å². The zero-order chi connectivity index (χ0) is 22.3. The first-order valence-corrected chi connectivity index (χ1v) is 9.81. The fourth-order valence-corrected chi connectivity index (χ4v) is 3.74. The van der Waals surface area contributed by atoms with Crippen molar-refractivity contribution in [2.45, 2.75) is 20.8 Å². The van der Waals surface area contributed by atoms with Crippen molar-refractivity contribution < 1.29 is 9.72 Å². The van der Waals surface area contributed by atoms with Gasteiger partial charge in [-0.15, -0.1) is 0 Å². The summed E-state index contributed by atoms with van der Waals surface area (Å²) in [5.41, 5.74) is 4.52. The van der Waals surface area contributed by atoms with Crippen LogP contribution in [0.15, 0.2) is 48.5 Å². The quantitative estimate of drug-likeness (QED) is 0.352. The Hall–Kier alpha value is -3.78. The van der Waals surface area contributed by atoms with Crippen LogP contribution in [0.5, 0.6) is 0 Å². The van der Waals surface area contributed by atoms with E-state index < -0.39 is 10.8 Å². The number of fused-ring (bicyclic) bond motifs is 1. The first-order chi connectivity index (χ1) is 14.7. The number of hydrogen-bond donors (Lipinski definition) is 1. The van der Waals surface area contributed by atoms with E-state index >= 15 is 0 Å². The van der Waals surface area contributed by atoms with Crippen molar-refractivity contribution in [1.82, 2.24) is 14.8 Å². The van der Waals surface area contributed by atoms with E-state index in [1.165, 1.54) is 12.1 Å². The number of aromatic nitrogens is 3. The molecule has 0 spiro atoms. The number of nitrogens with one attached hydrogen (secondary N) is 1. The van der Waals surface area contributed by atoms with Crippen molar-refractivity contribution in [3.63, 3.8) is 0 Å². The average Bonchev–Trinajstić information content (AvgIpc) is 3.04. The minimum atomic E-state index is -0.633. The predicted molar refractivity (Wildman–Crippen MR) is 119 cm³/mol. The van der Waals surface area contributed by atoms with Gasteiger partial charge < -0.3 is 5.32 Å². The largest absolute Gasteiger partial charge is 0.322 e. The van der Waals surface area contributed by atoms with E-state index in [9.17, 15) is 14.9 Å². The molecule has 0 aliphatic carbocycles. The minimum absolute atomic E-state index is 0.0673. The van der Waals surface area contributed by atoms with Crippen LogP contribution in [0.4, 0.5) is 11.4 Å². The van der Waals surface area contributed by atoms with E-state index in [0.717, 1.165) is 39.7 Å². The SMILES string of the molecule is Cc1cc(C)c2c(C)nn(-c3ccc(NC(=O)c4ccc(Cl)cc4[N+](=O)[O-])cc3)c2n1. The molecule has 1 amide bonds. The van der Waals surface area contributed by atoms with Gasteiger partial charge >= 0.3 is 0 Å². The first kappa shape index (κ1) is 20.5. The monoisotopic (exact) mass is 435 g/mol. The standard InChI is InChI=1S/C22H18ClN5O3/c1-12-10-13(2)24-21-20(12)14(3)26-27(21)17-7-5-16(6-8-17)25-22(29)18-9-4-15(23)11-19(18)28(30)31/h4-11H,1-3H3,(H,25,29). The molecule has 8 nitrogen and oxygen atoms in total. The van der Waals surface area contributed by atoms with Gasteiger partial charge in [-0.2, -0.15) is 5.10 Å². The van der Waals surface area contributed by atoms with Crippen LogP contribution in [0.2, 0.25) is 5.02 Å². The van der Waals surface area contributed by atoms with Crippen LogP contribution in [0.3, 0.4) is 0 Å². The van der Waals surface area contributed by atoms with E-state index in [4.69, 9.17) is 11.6 Å². The fraction of sp³-hybridized carbons (Fsp3) is 0.136. The van der Waals surface area contributed by atoms with Crippen LogP contribution < -0.4 is 5.32 Å². The maximum atomic E-state index is 12.6. The molecule has 0 radical (unpaired) electrons. The lowest BCUT2D eigenvalue weighted by molar-refractivity contribution is -0.385. The Kier molecular flexibility index (Phi) is 5.16. The molecule has 0 fully saturated rings. The Labute approximate surface area is 182 Å². The van der Waals surface area contributed by atoms with Crippen molar-refractivity contribution in [3.05, 3.63) is 86.2 Å². The summed E-state index contributed by atoms with van der Waals surface area (Å²) >= 11 is 5.81. The predicted octanol–water partition coefficient (Wildman–Crippen LogP) is 5.16. The van der Waals surface area contributed by atoms with Crippen LogP contribution in [0.1, 0.15) is 27.3 Å². The van der Waals surface area contributed by atoms with E-state index in [1.807, 2.05) is 26.8 Å². The first-order valence-electron chi connectivity index (χ1n) is 9.44. The number of rotatable bonds is 4. The third-order valence-corrected chi connectivity index (χ3v) is 5.14. The second-order valence-corrected chi connectivity index (χ2v) is 7.63. The molecular weight excluding hydrogens is 418 g/mol. The molecule has 2 aromatic heterocycles. The molecule has 9 heteroatoms. The number of halogens is 1. The zero-order valence-electron chi connectivity index (χ0n) is 17.0. The van der Waals surface area contributed by atoms with Gasteiger partial charge in [0, 0.05) is 27.9 Å². The van der Waals surface area contributed by atoms with Crippen molar-refractivity contribution >= 4 is 39.9 Å². The molecule has 0 unspecified atom stereocenters. The number of carbonyl (C=O) groups is 1. The molecule has 0 saturated heterocycles. The average molecular weight is 436 g/mol. The summed E-state index contributed by atoms with van der Waals surface area (Å²) in [5.74, 6) is -0.593. The third kappa shape index (κ3) is 3.85. The summed E-state index contributed by atoms with van der Waals surface area (Å²) < 4.78 is 1.76. The Morgan fingerprint density at radius 2 is 1.81 bits per heavy atom. The van der Waals surface area contributed by atoms with Crippen molar-refractivity contribution in [1.29, 1.82) is 0 Å². The normalized spacial score (nSPS) is 11.0. The van der Waals surface area contributed by atoms with Gasteiger partial charge in [-0.3, -0.25) is 14.9 Å². The van der Waals surface area contributed by atoms with E-state index in [-0.39, 0.29) is 16.3 Å². The van der Waals surface area contributed by atoms with Gasteiger partial charge in [0.15, 0.2) is 5.65 Å². The summed E-state index contributed by atoms with van der Waals surface area (Å²) in [6.07, 6.45) is 0. The number of benzene rings is 2. The molecule has 156 valence electrons. The van der Waals surface area contributed by atoms with Crippen molar-refractivity contribution in [2.75, 3.05) is 5.32 Å². The van der Waals surface area contributed by atoms with Gasteiger partial charge in [-0.1, -0.05) is 11.6 Å². The highest BCUT2D eigenvalue weighted by Crippen LogP contribution is 2.26. The van der Waals surface area contributed by atoms with Gasteiger partial charge in [0.1, 0.15) is 5.56 Å². The van der Waals surface area contributed by atoms with Gasteiger partial charge in [0.2, 0.25) is 0 Å². The second kappa shape index (κ2) is 7.81. The smallest absolute Gasteiger partial charge is 0.283 e. The van der Waals surface area contributed by atoms with Crippen molar-refractivity contribution in [3.8, 4) is 5.69 Å². The third-order valence-electron chi connectivity index (χ3n) is 4.91. The lowest BCUT2D eigenvalue weighted by Crippen LogP contribution is -2.14. The van der Waals surface area contributed by atoms with E-state index in [2.05, 4.69) is 15.4 Å². The molecule has 0 atom stereocenters. The lowest BCUT2D eigenvalue weighted by Gasteiger charge is -2.08. The second-order valence-electron chi connectivity index (χ2n) is 7.20. The number of anilines is 1. The van der Waals surface area contributed by atoms with Crippen LogP contribution in [0.25, 0.3) is 16.7 Å². The summed E-state index contributed by atoms with van der Waals surface area (Å²) in [5, 5.41) is 19.7. The van der Waals surface area contributed by atoms with E-state index in [0.29, 0.717) is 5.69 Å². The lowest BCUT2D eigenvalue weighted by atomic mass is 10.1. The number of nitro groups is 1. The highest BCUT2D eigenvalue weighted by atomic mass is 35.5. The Morgan fingerprint density at radius 1 is 1.10 bits per heavy atom. The van der Waals surface area contributed by atoms with Crippen LogP contribution in [0, 0.1) is 30.9 Å². The van der Waals surface area contributed by atoms with Gasteiger partial charge in [-0.25, -0.2) is 9.67 Å². The molecule has 0 aliphatic rings. The molecule has 1 N–H and O–H groups in total. The maximum absolute atomic E-state index is 12.6. The number of nitro benzene ring substituents is 1. The number of pyridine rings is 1. The highest BCUT2D eigenvalue weighted by Gasteiger charge is 2.21. The van der Waals surface area contributed by atoms with Crippen LogP contribution in [-0.2, 0) is 0 Å². The fourth-order valence-electron chi connectivity index (χ4n) is 3.58. The number of amides is 1. The molecule has 2 heterocycles. The van der Waals surface area contributed by atoms with Gasteiger partial charge in [0.25, 0.3) is 11.6 Å².